The lowest BCUT2D eigenvalue weighted by molar-refractivity contribution is 0.220. The van der Waals surface area contributed by atoms with Crippen LogP contribution >= 0.6 is 0 Å². The van der Waals surface area contributed by atoms with Gasteiger partial charge in [0, 0.05) is 54.1 Å². The summed E-state index contributed by atoms with van der Waals surface area (Å²) in [7, 11) is 0. The van der Waals surface area contributed by atoms with Gasteiger partial charge in [-0.3, -0.25) is 20.0 Å². The lowest BCUT2D eigenvalue weighted by Crippen LogP contribution is -2.29. The zero-order valence-electron chi connectivity index (χ0n) is 21.3. The summed E-state index contributed by atoms with van der Waals surface area (Å²) in [5.41, 5.74) is 6.76. The summed E-state index contributed by atoms with van der Waals surface area (Å²) in [5, 5.41) is 7.89. The molecule has 2 aliphatic heterocycles. The molecule has 2 aliphatic rings. The number of imidazole rings is 1. The highest BCUT2D eigenvalue weighted by Gasteiger charge is 2.24. The summed E-state index contributed by atoms with van der Waals surface area (Å²) in [6, 6.07) is 11.8. The fourth-order valence-electron chi connectivity index (χ4n) is 5.62. The molecule has 2 N–H and O–H groups in total. The quantitative estimate of drug-likeness (QED) is 0.311. The van der Waals surface area contributed by atoms with E-state index in [1.807, 2.05) is 12.3 Å². The predicted molar refractivity (Wildman–Crippen MR) is 147 cm³/mol. The predicted octanol–water partition coefficient (Wildman–Crippen LogP) is 5.67. The van der Waals surface area contributed by atoms with E-state index in [0.717, 1.165) is 53.3 Å². The number of rotatable bonds is 5. The van der Waals surface area contributed by atoms with Gasteiger partial charge < -0.3 is 4.98 Å². The highest BCUT2D eigenvalue weighted by atomic mass is 19.1. The Morgan fingerprint density at radius 3 is 2.59 bits per heavy atom. The van der Waals surface area contributed by atoms with Crippen molar-refractivity contribution in [1.82, 2.24) is 30.0 Å². The van der Waals surface area contributed by atoms with Crippen molar-refractivity contribution >= 4 is 16.6 Å². The summed E-state index contributed by atoms with van der Waals surface area (Å²) >= 11 is 0. The number of benzene rings is 2. The number of likely N-dealkylation sites (tertiary alicyclic amines) is 1. The topological polar surface area (TPSA) is 85.8 Å². The average molecular weight is 524 g/mol. The van der Waals surface area contributed by atoms with Gasteiger partial charge in [0.25, 0.3) is 0 Å². The Kier molecular flexibility index (Phi) is 6.00. The molecular formula is C30H27F2N7. The number of hydrogen-bond acceptors (Lipinski definition) is 5. The van der Waals surface area contributed by atoms with Gasteiger partial charge in [0.1, 0.15) is 22.7 Å². The van der Waals surface area contributed by atoms with Crippen molar-refractivity contribution in [1.29, 1.82) is 0 Å². The number of pyridine rings is 1. The van der Waals surface area contributed by atoms with Crippen molar-refractivity contribution in [2.75, 3.05) is 19.6 Å². The van der Waals surface area contributed by atoms with E-state index >= 15 is 4.39 Å². The van der Waals surface area contributed by atoms with Crippen LogP contribution in [0.5, 0.6) is 0 Å². The molecular weight excluding hydrogens is 496 g/mol. The molecule has 7 rings (SSSR count). The number of nitrogens with one attached hydrogen (secondary N) is 2. The van der Waals surface area contributed by atoms with Gasteiger partial charge in [-0.25, -0.2) is 13.8 Å². The van der Waals surface area contributed by atoms with Crippen molar-refractivity contribution < 1.29 is 8.78 Å². The van der Waals surface area contributed by atoms with Gasteiger partial charge in [0.05, 0.1) is 5.71 Å². The second-order valence-electron chi connectivity index (χ2n) is 10.3. The fourth-order valence-corrected chi connectivity index (χ4v) is 5.62. The lowest BCUT2D eigenvalue weighted by atomic mass is 10.0. The summed E-state index contributed by atoms with van der Waals surface area (Å²) in [4.78, 5) is 19.8. The maximum absolute atomic E-state index is 15.3. The molecule has 5 aromatic rings. The second kappa shape index (κ2) is 9.81. The Balaban J connectivity index is 1.25. The average Bonchev–Trinajstić information content (AvgIpc) is 3.59. The molecule has 0 spiro atoms. The molecule has 1 fully saturated rings. The number of H-pyrrole nitrogens is 2. The maximum Gasteiger partial charge on any atom is 0.157 e. The van der Waals surface area contributed by atoms with Crippen LogP contribution in [-0.2, 0) is 13.0 Å². The van der Waals surface area contributed by atoms with Crippen LogP contribution in [-0.4, -0.2) is 55.4 Å². The monoisotopic (exact) mass is 523 g/mol. The van der Waals surface area contributed by atoms with E-state index in [1.54, 1.807) is 18.3 Å². The summed E-state index contributed by atoms with van der Waals surface area (Å²) in [6.45, 7) is 3.65. The Bertz CT molecular complexity index is 1690. The van der Waals surface area contributed by atoms with E-state index < -0.39 is 5.82 Å². The largest absolute Gasteiger partial charge is 0.340 e. The van der Waals surface area contributed by atoms with E-state index in [0.29, 0.717) is 35.6 Å². The van der Waals surface area contributed by atoms with Crippen LogP contribution in [0.2, 0.25) is 0 Å². The van der Waals surface area contributed by atoms with Crippen LogP contribution in [0.3, 0.4) is 0 Å². The maximum atomic E-state index is 15.3. The normalized spacial score (nSPS) is 15.9. The first-order valence-corrected chi connectivity index (χ1v) is 13.4. The molecule has 39 heavy (non-hydrogen) atoms. The van der Waals surface area contributed by atoms with Crippen molar-refractivity contribution in [3.05, 3.63) is 89.0 Å². The molecule has 0 radical (unpaired) electrons. The Hall–Kier alpha value is -4.24. The minimum Gasteiger partial charge on any atom is -0.340 e. The number of aliphatic imine (C=N–C) groups is 1. The third kappa shape index (κ3) is 4.52. The van der Waals surface area contributed by atoms with Crippen LogP contribution in [0, 0.1) is 11.6 Å². The number of piperidine rings is 1. The second-order valence-corrected chi connectivity index (χ2v) is 10.3. The van der Waals surface area contributed by atoms with E-state index in [9.17, 15) is 4.39 Å². The number of aromatic nitrogens is 5. The summed E-state index contributed by atoms with van der Waals surface area (Å²) in [5.74, 6) is -0.142. The molecule has 0 saturated carbocycles. The number of nitrogens with zero attached hydrogens (tertiary/aromatic N) is 5. The summed E-state index contributed by atoms with van der Waals surface area (Å²) < 4.78 is 28.8. The van der Waals surface area contributed by atoms with E-state index in [4.69, 9.17) is 4.98 Å². The van der Waals surface area contributed by atoms with Gasteiger partial charge in [-0.2, -0.15) is 5.10 Å². The van der Waals surface area contributed by atoms with Crippen LogP contribution in [0.1, 0.15) is 41.8 Å². The Morgan fingerprint density at radius 1 is 0.897 bits per heavy atom. The molecule has 0 aliphatic carbocycles. The van der Waals surface area contributed by atoms with Crippen molar-refractivity contribution in [3.8, 4) is 22.6 Å². The number of aromatic amines is 2. The van der Waals surface area contributed by atoms with Crippen LogP contribution < -0.4 is 0 Å². The van der Waals surface area contributed by atoms with Gasteiger partial charge in [-0.1, -0.05) is 6.42 Å². The number of halogens is 2. The number of fused-ring (bicyclic) bond motifs is 2. The van der Waals surface area contributed by atoms with Crippen LogP contribution in [0.15, 0.2) is 59.9 Å². The molecule has 0 unspecified atom stereocenters. The molecule has 196 valence electrons. The third-order valence-electron chi connectivity index (χ3n) is 7.58. The van der Waals surface area contributed by atoms with E-state index in [1.165, 1.54) is 37.5 Å². The van der Waals surface area contributed by atoms with Gasteiger partial charge >= 0.3 is 0 Å². The SMILES string of the molecule is Fc1ccc(C2=NCCc3[nH]c(-c4[nH]nc5c(F)cc(-c6cncc(CN7CCCCC7)c6)cc45)nc32)cc1. The van der Waals surface area contributed by atoms with Crippen molar-refractivity contribution in [2.24, 2.45) is 4.99 Å². The van der Waals surface area contributed by atoms with E-state index in [2.05, 4.69) is 36.1 Å². The molecule has 9 heteroatoms. The highest BCUT2D eigenvalue weighted by Crippen LogP contribution is 2.33. The van der Waals surface area contributed by atoms with Gasteiger partial charge in [0.15, 0.2) is 11.6 Å². The molecule has 1 saturated heterocycles. The zero-order valence-corrected chi connectivity index (χ0v) is 21.3. The molecule has 5 heterocycles. The first-order valence-electron chi connectivity index (χ1n) is 13.4. The minimum absolute atomic E-state index is 0.257. The van der Waals surface area contributed by atoms with Crippen molar-refractivity contribution in [3.63, 3.8) is 0 Å². The standard InChI is InChI=1S/C30H27F2N7/c31-22-6-4-19(5-7-22)26-29-25(8-9-34-26)35-30(36-29)28-23-13-20(14-24(32)27(23)37-38-28)21-12-18(15-33-16-21)17-39-10-2-1-3-11-39/h4-7,12-16H,1-3,8-11,17H2,(H,35,36)(H,37,38). The molecule has 2 aromatic carbocycles. The van der Waals surface area contributed by atoms with Gasteiger partial charge in [0.2, 0.25) is 0 Å². The molecule has 7 nitrogen and oxygen atoms in total. The molecule has 0 atom stereocenters. The molecule has 3 aromatic heterocycles. The minimum atomic E-state index is -0.406. The van der Waals surface area contributed by atoms with Crippen LogP contribution in [0.4, 0.5) is 8.78 Å². The first-order chi connectivity index (χ1) is 19.1. The third-order valence-corrected chi connectivity index (χ3v) is 7.58. The molecule has 0 bridgehead atoms. The first kappa shape index (κ1) is 23.8. The summed E-state index contributed by atoms with van der Waals surface area (Å²) in [6.07, 6.45) is 8.12. The van der Waals surface area contributed by atoms with Gasteiger partial charge in [-0.15, -0.1) is 0 Å². The van der Waals surface area contributed by atoms with Crippen LogP contribution in [0.25, 0.3) is 33.5 Å². The van der Waals surface area contributed by atoms with Gasteiger partial charge in [-0.05, 0) is 79.5 Å². The van der Waals surface area contributed by atoms with E-state index in [-0.39, 0.29) is 11.3 Å². The Labute approximate surface area is 224 Å². The smallest absolute Gasteiger partial charge is 0.157 e. The fraction of sp³-hybridized carbons (Fsp3) is 0.267. The number of hydrogen-bond donors (Lipinski definition) is 2. The lowest BCUT2D eigenvalue weighted by Gasteiger charge is -2.26. The molecule has 0 amide bonds. The zero-order chi connectivity index (χ0) is 26.3. The highest BCUT2D eigenvalue weighted by molar-refractivity contribution is 6.13. The Morgan fingerprint density at radius 2 is 1.74 bits per heavy atom. The van der Waals surface area contributed by atoms with Crippen molar-refractivity contribution in [2.45, 2.75) is 32.2 Å².